The standard InChI is InChI=1S/C21H25NO11/c1-10(23)22-17-19(31-13(4)26)18(30-12(3)25)16(9-29-11(2)24)33-21(17)32-15-8-6-5-7-14(15)20(27)28/h5-8,16-19,21H,9H2,1-4H3,(H,22,23)(H,27,28)/t16-,17-,18+,19-,21-/m0/s1. The van der Waals surface area contributed by atoms with E-state index < -0.39 is 67.0 Å². The van der Waals surface area contributed by atoms with E-state index >= 15 is 0 Å². The number of para-hydroxylation sites is 1. The average molecular weight is 467 g/mol. The lowest BCUT2D eigenvalue weighted by Gasteiger charge is -2.44. The molecule has 1 fully saturated rings. The second-order valence-electron chi connectivity index (χ2n) is 7.14. The van der Waals surface area contributed by atoms with Gasteiger partial charge in [-0.25, -0.2) is 4.79 Å². The lowest BCUT2D eigenvalue weighted by atomic mass is 9.96. The topological polar surface area (TPSA) is 164 Å². The number of carbonyl (C=O) groups is 5. The fraction of sp³-hybridized carbons (Fsp3) is 0.476. The van der Waals surface area contributed by atoms with E-state index in [1.165, 1.54) is 31.2 Å². The first-order valence-corrected chi connectivity index (χ1v) is 9.89. The first-order chi connectivity index (χ1) is 15.5. The zero-order valence-corrected chi connectivity index (χ0v) is 18.4. The number of carbonyl (C=O) groups excluding carboxylic acids is 4. The second-order valence-corrected chi connectivity index (χ2v) is 7.14. The summed E-state index contributed by atoms with van der Waals surface area (Å²) in [6.45, 7) is 4.18. The van der Waals surface area contributed by atoms with E-state index in [0.29, 0.717) is 0 Å². The molecule has 1 aromatic carbocycles. The van der Waals surface area contributed by atoms with Crippen molar-refractivity contribution in [2.45, 2.75) is 58.3 Å². The van der Waals surface area contributed by atoms with Crippen LogP contribution >= 0.6 is 0 Å². The molecule has 180 valence electrons. The van der Waals surface area contributed by atoms with Gasteiger partial charge >= 0.3 is 23.9 Å². The summed E-state index contributed by atoms with van der Waals surface area (Å²) in [6.07, 6.45) is -5.18. The lowest BCUT2D eigenvalue weighted by molar-refractivity contribution is -0.257. The second kappa shape index (κ2) is 11.3. The minimum Gasteiger partial charge on any atom is -0.478 e. The third kappa shape index (κ3) is 7.17. The molecule has 1 heterocycles. The van der Waals surface area contributed by atoms with E-state index in [1.807, 2.05) is 0 Å². The van der Waals surface area contributed by atoms with Crippen LogP contribution in [0.3, 0.4) is 0 Å². The van der Waals surface area contributed by atoms with Crippen LogP contribution in [0.1, 0.15) is 38.1 Å². The minimum atomic E-state index is -1.41. The van der Waals surface area contributed by atoms with Gasteiger partial charge in [-0.15, -0.1) is 0 Å². The van der Waals surface area contributed by atoms with Crippen LogP contribution in [0, 0.1) is 0 Å². The molecule has 1 aliphatic rings. The maximum atomic E-state index is 11.9. The fourth-order valence-electron chi connectivity index (χ4n) is 3.26. The normalized spacial score (nSPS) is 24.2. The average Bonchev–Trinajstić information content (AvgIpc) is 2.70. The Balaban J connectivity index is 2.51. The van der Waals surface area contributed by atoms with Crippen molar-refractivity contribution in [2.24, 2.45) is 0 Å². The molecule has 0 unspecified atom stereocenters. The number of rotatable bonds is 8. The Bertz CT molecular complexity index is 915. The van der Waals surface area contributed by atoms with Crippen molar-refractivity contribution >= 4 is 29.8 Å². The Kier molecular flexibility index (Phi) is 8.74. The van der Waals surface area contributed by atoms with E-state index in [-0.39, 0.29) is 11.3 Å². The molecule has 2 rings (SSSR count). The van der Waals surface area contributed by atoms with Gasteiger partial charge in [-0.1, -0.05) is 12.1 Å². The van der Waals surface area contributed by atoms with Crippen LogP contribution in [-0.4, -0.2) is 72.1 Å². The monoisotopic (exact) mass is 467 g/mol. The maximum absolute atomic E-state index is 11.9. The molecule has 0 radical (unpaired) electrons. The van der Waals surface area contributed by atoms with Crippen LogP contribution in [0.4, 0.5) is 0 Å². The molecule has 12 nitrogen and oxygen atoms in total. The summed E-state index contributed by atoms with van der Waals surface area (Å²) in [5.41, 5.74) is -0.189. The molecular formula is C21H25NO11. The van der Waals surface area contributed by atoms with E-state index in [0.717, 1.165) is 20.8 Å². The number of nitrogens with one attached hydrogen (secondary N) is 1. The van der Waals surface area contributed by atoms with Gasteiger partial charge in [0.1, 0.15) is 30.1 Å². The van der Waals surface area contributed by atoms with Gasteiger partial charge in [0.2, 0.25) is 12.2 Å². The van der Waals surface area contributed by atoms with Crippen LogP contribution in [0.25, 0.3) is 0 Å². The molecule has 0 aliphatic carbocycles. The van der Waals surface area contributed by atoms with Crippen molar-refractivity contribution in [1.29, 1.82) is 0 Å². The SMILES string of the molecule is CC(=O)N[C@@H]1[C@@H](Oc2ccccc2C(=O)O)O[C@@H](COC(C)=O)[C@@H](OC(C)=O)[C@H]1OC(C)=O. The van der Waals surface area contributed by atoms with E-state index in [9.17, 15) is 29.1 Å². The third-order valence-corrected chi connectivity index (χ3v) is 4.43. The first-order valence-electron chi connectivity index (χ1n) is 9.89. The highest BCUT2D eigenvalue weighted by Gasteiger charge is 2.52. The summed E-state index contributed by atoms with van der Waals surface area (Å²) >= 11 is 0. The molecule has 0 aromatic heterocycles. The number of amides is 1. The summed E-state index contributed by atoms with van der Waals surface area (Å²) in [5.74, 6) is -4.08. The van der Waals surface area contributed by atoms with Crippen LogP contribution < -0.4 is 10.1 Å². The summed E-state index contributed by atoms with van der Waals surface area (Å²) in [5, 5.41) is 12.0. The summed E-state index contributed by atoms with van der Waals surface area (Å²) in [4.78, 5) is 58.4. The van der Waals surface area contributed by atoms with Crippen molar-refractivity contribution in [3.63, 3.8) is 0 Å². The molecule has 1 amide bonds. The number of ether oxygens (including phenoxy) is 5. The summed E-state index contributed by atoms with van der Waals surface area (Å²) in [6, 6.07) is 4.48. The van der Waals surface area contributed by atoms with Crippen molar-refractivity contribution in [3.8, 4) is 5.75 Å². The largest absolute Gasteiger partial charge is 0.478 e. The van der Waals surface area contributed by atoms with Crippen LogP contribution in [0.5, 0.6) is 5.75 Å². The number of esters is 3. The van der Waals surface area contributed by atoms with E-state index in [4.69, 9.17) is 23.7 Å². The maximum Gasteiger partial charge on any atom is 0.339 e. The predicted molar refractivity (Wildman–Crippen MR) is 108 cm³/mol. The molecule has 1 saturated heterocycles. The molecule has 0 spiro atoms. The zero-order chi connectivity index (χ0) is 24.7. The highest BCUT2D eigenvalue weighted by molar-refractivity contribution is 5.90. The number of carboxylic acid groups (broad SMARTS) is 1. The summed E-state index contributed by atoms with van der Waals surface area (Å²) in [7, 11) is 0. The quantitative estimate of drug-likeness (QED) is 0.402. The van der Waals surface area contributed by atoms with Crippen molar-refractivity contribution in [2.75, 3.05) is 6.61 Å². The van der Waals surface area contributed by atoms with Gasteiger partial charge in [-0.05, 0) is 12.1 Å². The predicted octanol–water partition coefficient (Wildman–Crippen LogP) is 0.420. The van der Waals surface area contributed by atoms with E-state index in [1.54, 1.807) is 0 Å². The van der Waals surface area contributed by atoms with Gasteiger partial charge in [0.25, 0.3) is 0 Å². The van der Waals surface area contributed by atoms with Crippen molar-refractivity contribution in [1.82, 2.24) is 5.32 Å². The molecule has 0 saturated carbocycles. The number of hydrogen-bond acceptors (Lipinski definition) is 10. The van der Waals surface area contributed by atoms with Gasteiger partial charge in [-0.3, -0.25) is 19.2 Å². The van der Waals surface area contributed by atoms with Gasteiger partial charge < -0.3 is 34.1 Å². The van der Waals surface area contributed by atoms with Crippen molar-refractivity contribution in [3.05, 3.63) is 29.8 Å². The van der Waals surface area contributed by atoms with Crippen molar-refractivity contribution < 1.29 is 52.8 Å². The Labute approximate surface area is 189 Å². The van der Waals surface area contributed by atoms with Gasteiger partial charge in [0, 0.05) is 27.7 Å². The Hall–Kier alpha value is -3.67. The van der Waals surface area contributed by atoms with Gasteiger partial charge in [0.15, 0.2) is 12.2 Å². The van der Waals surface area contributed by atoms with Gasteiger partial charge in [0.05, 0.1) is 0 Å². The number of aromatic carboxylic acids is 1. The molecule has 2 N–H and O–H groups in total. The fourth-order valence-corrected chi connectivity index (χ4v) is 3.26. The molecule has 5 atom stereocenters. The summed E-state index contributed by atoms with van der Waals surface area (Å²) < 4.78 is 27.2. The zero-order valence-electron chi connectivity index (χ0n) is 18.4. The Morgan fingerprint density at radius 2 is 1.55 bits per heavy atom. The molecule has 12 heteroatoms. The molecule has 1 aliphatic heterocycles. The Morgan fingerprint density at radius 1 is 0.939 bits per heavy atom. The minimum absolute atomic E-state index is 0.0934. The van der Waals surface area contributed by atoms with Crippen LogP contribution in [0.15, 0.2) is 24.3 Å². The van der Waals surface area contributed by atoms with Gasteiger partial charge in [-0.2, -0.15) is 0 Å². The highest BCUT2D eigenvalue weighted by Crippen LogP contribution is 2.30. The Morgan fingerprint density at radius 3 is 2.09 bits per heavy atom. The lowest BCUT2D eigenvalue weighted by Crippen LogP contribution is -2.67. The number of hydrogen-bond donors (Lipinski definition) is 2. The number of benzene rings is 1. The highest BCUT2D eigenvalue weighted by atomic mass is 16.7. The molecular weight excluding hydrogens is 442 g/mol. The smallest absolute Gasteiger partial charge is 0.339 e. The first kappa shape index (κ1) is 25.6. The van der Waals surface area contributed by atoms with Crippen LogP contribution in [-0.2, 0) is 38.1 Å². The molecule has 33 heavy (non-hydrogen) atoms. The molecule has 0 bridgehead atoms. The number of carboxylic acids is 1. The van der Waals surface area contributed by atoms with E-state index in [2.05, 4.69) is 5.32 Å². The van der Waals surface area contributed by atoms with Crippen LogP contribution in [0.2, 0.25) is 0 Å². The molecule has 1 aromatic rings. The third-order valence-electron chi connectivity index (χ3n) is 4.43.